The lowest BCUT2D eigenvalue weighted by atomic mass is 9.77. The summed E-state index contributed by atoms with van der Waals surface area (Å²) >= 11 is 0. The van der Waals surface area contributed by atoms with Gasteiger partial charge in [-0.1, -0.05) is 49.9 Å². The van der Waals surface area contributed by atoms with Crippen LogP contribution in [0, 0.1) is 23.5 Å². The van der Waals surface area contributed by atoms with Gasteiger partial charge in [-0.2, -0.15) is 0 Å². The van der Waals surface area contributed by atoms with Gasteiger partial charge in [-0.3, -0.25) is 4.79 Å². The molecule has 30 heavy (non-hydrogen) atoms. The van der Waals surface area contributed by atoms with Crippen LogP contribution in [-0.4, -0.2) is 5.78 Å². The monoisotopic (exact) mass is 410 g/mol. The number of hydrogen-bond donors (Lipinski definition) is 0. The van der Waals surface area contributed by atoms with Gasteiger partial charge in [0.15, 0.2) is 0 Å². The van der Waals surface area contributed by atoms with Crippen molar-refractivity contribution >= 4 is 5.78 Å². The summed E-state index contributed by atoms with van der Waals surface area (Å²) in [5, 5.41) is 0. The molecule has 2 atom stereocenters. The molecule has 0 N–H and O–H groups in total. The molecule has 2 aliphatic carbocycles. The predicted molar refractivity (Wildman–Crippen MR) is 116 cm³/mol. The van der Waals surface area contributed by atoms with E-state index in [-0.39, 0.29) is 29.3 Å². The van der Waals surface area contributed by atoms with Crippen molar-refractivity contribution in [1.29, 1.82) is 0 Å². The van der Waals surface area contributed by atoms with E-state index in [1.165, 1.54) is 37.8 Å². The predicted octanol–water partition coefficient (Wildman–Crippen LogP) is 7.56. The molecule has 0 radical (unpaired) electrons. The third-order valence-corrected chi connectivity index (χ3v) is 7.39. The van der Waals surface area contributed by atoms with Gasteiger partial charge in [0.1, 0.15) is 17.4 Å². The molecule has 1 nitrogen and oxygen atoms in total. The Morgan fingerprint density at radius 2 is 1.13 bits per heavy atom. The first-order valence-corrected chi connectivity index (χ1v) is 11.6. The molecule has 0 aliphatic heterocycles. The number of carbonyl (C=O) groups is 1. The molecule has 0 aromatic heterocycles. The van der Waals surface area contributed by atoms with Crippen molar-refractivity contribution in [1.82, 2.24) is 0 Å². The zero-order valence-corrected chi connectivity index (χ0v) is 17.7. The lowest BCUT2D eigenvalue weighted by Gasteiger charge is -2.27. The van der Waals surface area contributed by atoms with Crippen LogP contribution in [0.1, 0.15) is 87.2 Å². The van der Waals surface area contributed by atoms with E-state index in [4.69, 9.17) is 0 Å². The van der Waals surface area contributed by atoms with E-state index in [1.54, 1.807) is 24.3 Å². The van der Waals surface area contributed by atoms with Gasteiger partial charge in [-0.25, -0.2) is 8.78 Å². The molecule has 4 rings (SSSR count). The van der Waals surface area contributed by atoms with Crippen LogP contribution in [-0.2, 0) is 4.79 Å². The Labute approximate surface area is 178 Å². The normalized spacial score (nSPS) is 19.8. The van der Waals surface area contributed by atoms with E-state index in [2.05, 4.69) is 0 Å². The summed E-state index contributed by atoms with van der Waals surface area (Å²) in [7, 11) is 0. The van der Waals surface area contributed by atoms with Gasteiger partial charge < -0.3 is 0 Å². The van der Waals surface area contributed by atoms with Crippen LogP contribution in [0.2, 0.25) is 0 Å². The van der Waals surface area contributed by atoms with Crippen LogP contribution >= 0.6 is 0 Å². The van der Waals surface area contributed by atoms with Crippen molar-refractivity contribution in [2.75, 3.05) is 0 Å². The lowest BCUT2D eigenvalue weighted by molar-refractivity contribution is -0.120. The van der Waals surface area contributed by atoms with Gasteiger partial charge in [0.2, 0.25) is 0 Å². The molecule has 2 unspecified atom stereocenters. The summed E-state index contributed by atoms with van der Waals surface area (Å²) in [6, 6.07) is 13.6. The molecule has 3 heteroatoms. The van der Waals surface area contributed by atoms with E-state index in [0.29, 0.717) is 24.7 Å². The summed E-state index contributed by atoms with van der Waals surface area (Å²) in [6.45, 7) is 0. The van der Waals surface area contributed by atoms with Crippen LogP contribution in [0.5, 0.6) is 0 Å². The first kappa shape index (κ1) is 21.2. The van der Waals surface area contributed by atoms with Crippen molar-refractivity contribution in [3.8, 4) is 0 Å². The van der Waals surface area contributed by atoms with Crippen molar-refractivity contribution in [2.45, 2.75) is 76.0 Å². The molecular weight excluding hydrogens is 378 g/mol. The Balaban J connectivity index is 1.53. The number of rotatable bonds is 8. The number of benzene rings is 2. The third-order valence-electron chi connectivity index (χ3n) is 7.39. The summed E-state index contributed by atoms with van der Waals surface area (Å²) in [4.78, 5) is 13.3. The van der Waals surface area contributed by atoms with Gasteiger partial charge in [0.25, 0.3) is 0 Å². The van der Waals surface area contributed by atoms with E-state index >= 15 is 0 Å². The molecule has 2 aromatic rings. The molecule has 2 saturated carbocycles. The average Bonchev–Trinajstić information content (AvgIpc) is 3.44. The molecular formula is C27H32F2O. The van der Waals surface area contributed by atoms with Gasteiger partial charge >= 0.3 is 0 Å². The second-order valence-electron chi connectivity index (χ2n) is 9.36. The number of halogens is 2. The van der Waals surface area contributed by atoms with Crippen molar-refractivity contribution < 1.29 is 13.6 Å². The minimum Gasteiger partial charge on any atom is -0.300 e. The Kier molecular flexibility index (Phi) is 6.97. The molecule has 0 heterocycles. The topological polar surface area (TPSA) is 17.1 Å². The smallest absolute Gasteiger partial charge is 0.134 e. The fourth-order valence-electron chi connectivity index (χ4n) is 5.88. The Morgan fingerprint density at radius 1 is 0.733 bits per heavy atom. The van der Waals surface area contributed by atoms with Crippen molar-refractivity contribution in [3.05, 3.63) is 71.3 Å². The van der Waals surface area contributed by atoms with Gasteiger partial charge in [0.05, 0.1) is 0 Å². The minimum absolute atomic E-state index is 0.0902. The second kappa shape index (κ2) is 9.85. The highest BCUT2D eigenvalue weighted by atomic mass is 19.1. The first-order valence-electron chi connectivity index (χ1n) is 11.6. The van der Waals surface area contributed by atoms with E-state index in [1.807, 2.05) is 12.1 Å². The number of carbonyl (C=O) groups excluding carboxylic acids is 1. The Morgan fingerprint density at radius 3 is 1.50 bits per heavy atom. The molecule has 0 saturated heterocycles. The number of ketones is 1. The molecule has 160 valence electrons. The van der Waals surface area contributed by atoms with E-state index < -0.39 is 0 Å². The van der Waals surface area contributed by atoms with Crippen LogP contribution in [0.3, 0.4) is 0 Å². The fraction of sp³-hybridized carbons (Fsp3) is 0.519. The summed E-state index contributed by atoms with van der Waals surface area (Å²) < 4.78 is 27.8. The zero-order valence-electron chi connectivity index (χ0n) is 17.7. The second-order valence-corrected chi connectivity index (χ2v) is 9.36. The van der Waals surface area contributed by atoms with Gasteiger partial charge in [-0.15, -0.1) is 0 Å². The summed E-state index contributed by atoms with van der Waals surface area (Å²) in [5.74, 6) is 0.861. The van der Waals surface area contributed by atoms with Crippen LogP contribution in [0.25, 0.3) is 0 Å². The Bertz CT molecular complexity index is 780. The minimum atomic E-state index is -0.230. The number of hydrogen-bond acceptors (Lipinski definition) is 1. The molecule has 0 amide bonds. The van der Waals surface area contributed by atoms with Crippen LogP contribution in [0.15, 0.2) is 48.5 Å². The maximum Gasteiger partial charge on any atom is 0.134 e. The summed E-state index contributed by atoms with van der Waals surface area (Å²) in [6.07, 6.45) is 10.2. The molecule has 2 fully saturated rings. The van der Waals surface area contributed by atoms with Crippen molar-refractivity contribution in [3.63, 3.8) is 0 Å². The largest absolute Gasteiger partial charge is 0.300 e. The number of Topliss-reactive ketones (excluding diaryl/α,β-unsaturated/α-hetero) is 1. The molecule has 2 aromatic carbocycles. The quantitative estimate of drug-likeness (QED) is 0.439. The highest BCUT2D eigenvalue weighted by molar-refractivity contribution is 5.80. The summed E-state index contributed by atoms with van der Waals surface area (Å²) in [5.41, 5.74) is 1.91. The highest BCUT2D eigenvalue weighted by Crippen LogP contribution is 2.43. The average molecular weight is 411 g/mol. The first-order chi connectivity index (χ1) is 14.6. The highest BCUT2D eigenvalue weighted by Gasteiger charge is 2.32. The zero-order chi connectivity index (χ0) is 20.9. The van der Waals surface area contributed by atoms with Crippen LogP contribution < -0.4 is 0 Å². The SMILES string of the molecule is O=C(CC(c1cccc(F)c1)C1CCCC1)CC(c1cccc(F)c1)C1CCCC1. The fourth-order valence-corrected chi connectivity index (χ4v) is 5.88. The van der Waals surface area contributed by atoms with Gasteiger partial charge in [-0.05, 0) is 84.7 Å². The third kappa shape index (κ3) is 5.17. The maximum atomic E-state index is 13.9. The molecule has 2 aliphatic rings. The molecule has 0 bridgehead atoms. The van der Waals surface area contributed by atoms with Crippen LogP contribution in [0.4, 0.5) is 8.78 Å². The van der Waals surface area contributed by atoms with E-state index in [0.717, 1.165) is 36.8 Å². The molecule has 0 spiro atoms. The van der Waals surface area contributed by atoms with Gasteiger partial charge in [0, 0.05) is 12.8 Å². The van der Waals surface area contributed by atoms with E-state index in [9.17, 15) is 13.6 Å². The lowest BCUT2D eigenvalue weighted by Crippen LogP contribution is -2.19. The Hall–Kier alpha value is -2.03. The standard InChI is InChI=1S/C27H32F2O/c28-23-13-5-11-21(15-23)26(19-7-1-2-8-19)17-25(30)18-27(20-9-3-4-10-20)22-12-6-14-24(29)16-22/h5-6,11-16,19-20,26-27H,1-4,7-10,17-18H2. The maximum absolute atomic E-state index is 13.9. The van der Waals surface area contributed by atoms with Crippen molar-refractivity contribution in [2.24, 2.45) is 11.8 Å².